The van der Waals surface area contributed by atoms with Gasteiger partial charge in [-0.15, -0.1) is 0 Å². The van der Waals surface area contributed by atoms with Crippen LogP contribution in [0.4, 0.5) is 5.69 Å². The van der Waals surface area contributed by atoms with Crippen LogP contribution in [0.15, 0.2) is 30.3 Å². The van der Waals surface area contributed by atoms with Crippen LogP contribution in [-0.4, -0.2) is 5.91 Å². The third-order valence-corrected chi connectivity index (χ3v) is 3.21. The molecule has 2 rings (SSSR count). The fraction of sp³-hybridized carbons (Fsp3) is 0.188. The summed E-state index contributed by atoms with van der Waals surface area (Å²) in [5, 5.41) is 0. The number of nitrogens with two attached hydrogens (primary N) is 2. The molecule has 2 aromatic rings. The molecule has 0 spiro atoms. The molecule has 0 saturated carbocycles. The fourth-order valence-electron chi connectivity index (χ4n) is 2.08. The number of nitrogen functional groups attached to an aromatic ring is 1. The first-order valence-corrected chi connectivity index (χ1v) is 6.33. The van der Waals surface area contributed by atoms with Gasteiger partial charge < -0.3 is 16.2 Å². The number of carbonyl (C=O) groups excluding carboxylic acids is 1. The lowest BCUT2D eigenvalue weighted by atomic mass is 10.1. The molecule has 0 heterocycles. The maximum atomic E-state index is 11.2. The molecule has 0 atom stereocenters. The molecule has 104 valence electrons. The summed E-state index contributed by atoms with van der Waals surface area (Å²) in [5.41, 5.74) is 15.0. The summed E-state index contributed by atoms with van der Waals surface area (Å²) in [6.45, 7) is 5.70. The Kier molecular flexibility index (Phi) is 3.66. The third-order valence-electron chi connectivity index (χ3n) is 3.21. The van der Waals surface area contributed by atoms with Gasteiger partial charge in [-0.05, 0) is 67.8 Å². The molecule has 0 aliphatic carbocycles. The van der Waals surface area contributed by atoms with E-state index in [1.807, 2.05) is 39.0 Å². The topological polar surface area (TPSA) is 78.3 Å². The van der Waals surface area contributed by atoms with Gasteiger partial charge >= 0.3 is 0 Å². The van der Waals surface area contributed by atoms with E-state index in [-0.39, 0.29) is 0 Å². The van der Waals surface area contributed by atoms with Crippen molar-refractivity contribution in [3.63, 3.8) is 0 Å². The zero-order valence-corrected chi connectivity index (χ0v) is 11.9. The van der Waals surface area contributed by atoms with Crippen LogP contribution in [0.1, 0.15) is 27.0 Å². The Bertz CT molecular complexity index is 655. The molecule has 4 N–H and O–H groups in total. The largest absolute Gasteiger partial charge is 0.457 e. The van der Waals surface area contributed by atoms with Crippen molar-refractivity contribution in [2.24, 2.45) is 5.73 Å². The molecule has 2 aromatic carbocycles. The first-order chi connectivity index (χ1) is 9.38. The molecule has 0 fully saturated rings. The lowest BCUT2D eigenvalue weighted by Gasteiger charge is -2.14. The number of anilines is 1. The van der Waals surface area contributed by atoms with Crippen LogP contribution in [0, 0.1) is 20.8 Å². The number of hydrogen-bond acceptors (Lipinski definition) is 3. The Morgan fingerprint density at radius 2 is 1.60 bits per heavy atom. The van der Waals surface area contributed by atoms with Crippen molar-refractivity contribution in [2.45, 2.75) is 20.8 Å². The Morgan fingerprint density at radius 3 is 2.10 bits per heavy atom. The van der Waals surface area contributed by atoms with Crippen molar-refractivity contribution in [1.29, 1.82) is 0 Å². The second-order valence-electron chi connectivity index (χ2n) is 4.92. The number of aryl methyl sites for hydroxylation is 3. The minimum Gasteiger partial charge on any atom is -0.457 e. The normalized spacial score (nSPS) is 10.3. The average molecular weight is 270 g/mol. The highest BCUT2D eigenvalue weighted by Crippen LogP contribution is 2.31. The lowest BCUT2D eigenvalue weighted by molar-refractivity contribution is 0.1000. The number of hydrogen-bond donors (Lipinski definition) is 2. The molecule has 0 radical (unpaired) electrons. The smallest absolute Gasteiger partial charge is 0.248 e. The third kappa shape index (κ3) is 2.74. The number of carbonyl (C=O) groups is 1. The molecule has 0 aromatic heterocycles. The van der Waals surface area contributed by atoms with Crippen LogP contribution in [0.2, 0.25) is 0 Å². The Balaban J connectivity index is 2.38. The first-order valence-electron chi connectivity index (χ1n) is 6.33. The van der Waals surface area contributed by atoms with Gasteiger partial charge in [0.2, 0.25) is 5.91 Å². The summed E-state index contributed by atoms with van der Waals surface area (Å²) in [7, 11) is 0. The summed E-state index contributed by atoms with van der Waals surface area (Å²) in [4.78, 5) is 11.2. The number of ether oxygens (including phenoxy) is 1. The Labute approximate surface area is 118 Å². The maximum absolute atomic E-state index is 11.2. The van der Waals surface area contributed by atoms with E-state index in [1.54, 1.807) is 12.1 Å². The summed E-state index contributed by atoms with van der Waals surface area (Å²) < 4.78 is 5.90. The van der Waals surface area contributed by atoms with Gasteiger partial charge in [0.15, 0.2) is 0 Å². The van der Waals surface area contributed by atoms with Crippen molar-refractivity contribution in [3.05, 3.63) is 52.6 Å². The second kappa shape index (κ2) is 5.25. The first kappa shape index (κ1) is 13.9. The minimum atomic E-state index is -0.439. The summed E-state index contributed by atoms with van der Waals surface area (Å²) >= 11 is 0. The van der Waals surface area contributed by atoms with E-state index in [2.05, 4.69) is 0 Å². The van der Waals surface area contributed by atoms with E-state index in [0.717, 1.165) is 33.9 Å². The van der Waals surface area contributed by atoms with E-state index in [0.29, 0.717) is 5.56 Å². The van der Waals surface area contributed by atoms with Gasteiger partial charge in [-0.3, -0.25) is 4.79 Å². The van der Waals surface area contributed by atoms with Crippen LogP contribution in [0.25, 0.3) is 0 Å². The van der Waals surface area contributed by atoms with Gasteiger partial charge in [0.05, 0.1) is 0 Å². The van der Waals surface area contributed by atoms with Crippen LogP contribution >= 0.6 is 0 Å². The van der Waals surface area contributed by atoms with Crippen molar-refractivity contribution >= 4 is 11.6 Å². The van der Waals surface area contributed by atoms with Gasteiger partial charge in [-0.25, -0.2) is 0 Å². The van der Waals surface area contributed by atoms with Crippen molar-refractivity contribution in [1.82, 2.24) is 0 Å². The Morgan fingerprint density at radius 1 is 1.00 bits per heavy atom. The lowest BCUT2D eigenvalue weighted by Crippen LogP contribution is -2.11. The monoisotopic (exact) mass is 270 g/mol. The molecule has 0 saturated heterocycles. The highest BCUT2D eigenvalue weighted by atomic mass is 16.5. The maximum Gasteiger partial charge on any atom is 0.248 e. The van der Waals surface area contributed by atoms with Gasteiger partial charge in [0, 0.05) is 11.3 Å². The molecular weight excluding hydrogens is 252 g/mol. The van der Waals surface area contributed by atoms with Crippen LogP contribution in [0.3, 0.4) is 0 Å². The fourth-order valence-corrected chi connectivity index (χ4v) is 2.08. The van der Waals surface area contributed by atoms with Crippen molar-refractivity contribution < 1.29 is 9.53 Å². The summed E-state index contributed by atoms with van der Waals surface area (Å²) in [5.74, 6) is 1.01. The number of amides is 1. The van der Waals surface area contributed by atoms with E-state index < -0.39 is 5.91 Å². The SMILES string of the molecule is Cc1cc(Oc2c(C)cc(C(N)=O)cc2C)ccc1N. The molecule has 0 aliphatic heterocycles. The van der Waals surface area contributed by atoms with E-state index in [9.17, 15) is 4.79 Å². The number of primary amides is 1. The van der Waals surface area contributed by atoms with Crippen LogP contribution in [-0.2, 0) is 0 Å². The van der Waals surface area contributed by atoms with Gasteiger partial charge in [-0.1, -0.05) is 0 Å². The van der Waals surface area contributed by atoms with Crippen LogP contribution < -0.4 is 16.2 Å². The molecule has 1 amide bonds. The summed E-state index contributed by atoms with van der Waals surface area (Å²) in [6, 6.07) is 8.98. The molecule has 0 bridgehead atoms. The van der Waals surface area contributed by atoms with E-state index in [4.69, 9.17) is 16.2 Å². The van der Waals surface area contributed by atoms with Crippen LogP contribution in [0.5, 0.6) is 11.5 Å². The second-order valence-corrected chi connectivity index (χ2v) is 4.92. The highest BCUT2D eigenvalue weighted by Gasteiger charge is 2.10. The number of benzene rings is 2. The zero-order valence-electron chi connectivity index (χ0n) is 11.9. The standard InChI is InChI=1S/C16H18N2O2/c1-9-8-13(4-5-14(9)17)20-15-10(2)6-12(16(18)19)7-11(15)3/h4-8H,17H2,1-3H3,(H2,18,19). The predicted octanol–water partition coefficient (Wildman–Crippen LogP) is 3.09. The average Bonchev–Trinajstić information content (AvgIpc) is 2.37. The highest BCUT2D eigenvalue weighted by molar-refractivity contribution is 5.93. The number of rotatable bonds is 3. The van der Waals surface area contributed by atoms with Crippen molar-refractivity contribution in [3.8, 4) is 11.5 Å². The predicted molar refractivity (Wildman–Crippen MR) is 80.1 cm³/mol. The van der Waals surface area contributed by atoms with Gasteiger partial charge in [-0.2, -0.15) is 0 Å². The van der Waals surface area contributed by atoms with Gasteiger partial charge in [0.1, 0.15) is 11.5 Å². The molecular formula is C16H18N2O2. The molecule has 0 unspecified atom stereocenters. The van der Waals surface area contributed by atoms with E-state index >= 15 is 0 Å². The van der Waals surface area contributed by atoms with Gasteiger partial charge in [0.25, 0.3) is 0 Å². The van der Waals surface area contributed by atoms with E-state index in [1.165, 1.54) is 0 Å². The van der Waals surface area contributed by atoms with Crippen molar-refractivity contribution in [2.75, 3.05) is 5.73 Å². The molecule has 20 heavy (non-hydrogen) atoms. The summed E-state index contributed by atoms with van der Waals surface area (Å²) in [6.07, 6.45) is 0. The molecule has 4 heteroatoms. The zero-order chi connectivity index (χ0) is 14.9. The molecule has 0 aliphatic rings. The Hall–Kier alpha value is -2.49. The minimum absolute atomic E-state index is 0.439. The molecule has 4 nitrogen and oxygen atoms in total. The quantitative estimate of drug-likeness (QED) is 0.841.